The number of rotatable bonds is 7. The lowest BCUT2D eigenvalue weighted by atomic mass is 9.95. The number of carbonyl (C=O) groups excluding carboxylic acids is 1. The summed E-state index contributed by atoms with van der Waals surface area (Å²) in [6, 6.07) is 14.5. The molecule has 3 fully saturated rings. The van der Waals surface area contributed by atoms with E-state index >= 15 is 0 Å². The maximum Gasteiger partial charge on any atom is 0.319 e. The minimum Gasteiger partial charge on any atom is -0.461 e. The van der Waals surface area contributed by atoms with E-state index in [1.165, 1.54) is 12.1 Å². The van der Waals surface area contributed by atoms with Crippen LogP contribution in [0.5, 0.6) is 6.01 Å². The number of aromatic nitrogens is 2. The van der Waals surface area contributed by atoms with Crippen LogP contribution in [-0.4, -0.2) is 76.6 Å². The second-order valence-electron chi connectivity index (χ2n) is 12.3. The first-order chi connectivity index (χ1) is 22.3. The highest BCUT2D eigenvalue weighted by Gasteiger charge is 2.45. The van der Waals surface area contributed by atoms with Gasteiger partial charge in [-0.3, -0.25) is 9.69 Å². The van der Waals surface area contributed by atoms with Gasteiger partial charge in [-0.25, -0.2) is 4.39 Å². The Balaban J connectivity index is 1.34. The van der Waals surface area contributed by atoms with Crippen molar-refractivity contribution >= 4 is 56.6 Å². The Hall–Kier alpha value is -3.97. The van der Waals surface area contributed by atoms with Crippen molar-refractivity contribution in [3.63, 3.8) is 0 Å². The van der Waals surface area contributed by atoms with E-state index in [2.05, 4.69) is 22.4 Å². The fraction of sp³-hybridized carbons (Fsp3) is 0.371. The Kier molecular flexibility index (Phi) is 8.22. The number of hydrogen-bond acceptors (Lipinski definition) is 7. The van der Waals surface area contributed by atoms with Gasteiger partial charge >= 0.3 is 6.01 Å². The van der Waals surface area contributed by atoms with E-state index in [0.717, 1.165) is 44.2 Å². The van der Waals surface area contributed by atoms with Gasteiger partial charge in [-0.05, 0) is 74.0 Å². The molecule has 3 aliphatic rings. The van der Waals surface area contributed by atoms with Gasteiger partial charge in [0.25, 0.3) is 0 Å². The molecule has 0 aliphatic carbocycles. The van der Waals surface area contributed by atoms with Crippen LogP contribution in [0.25, 0.3) is 32.8 Å². The molecule has 0 N–H and O–H groups in total. The lowest BCUT2D eigenvalue weighted by Gasteiger charge is -2.41. The maximum absolute atomic E-state index is 14.6. The van der Waals surface area contributed by atoms with E-state index in [1.807, 2.05) is 30.3 Å². The molecule has 3 saturated heterocycles. The first-order valence-electron chi connectivity index (χ1n) is 15.6. The summed E-state index contributed by atoms with van der Waals surface area (Å²) >= 11 is 13.5. The molecule has 1 aromatic heterocycles. The van der Waals surface area contributed by atoms with Crippen LogP contribution in [0.3, 0.4) is 0 Å². The molecular formula is C35H33Cl2FN6O2. The quantitative estimate of drug-likeness (QED) is 0.197. The second kappa shape index (κ2) is 12.3. The van der Waals surface area contributed by atoms with Gasteiger partial charge in [0, 0.05) is 41.0 Å². The van der Waals surface area contributed by atoms with Gasteiger partial charge in [0.15, 0.2) is 0 Å². The number of piperazine rings is 1. The van der Waals surface area contributed by atoms with E-state index in [9.17, 15) is 14.4 Å². The third kappa shape index (κ3) is 5.32. The van der Waals surface area contributed by atoms with Crippen LogP contribution >= 0.6 is 23.2 Å². The normalized spacial score (nSPS) is 19.4. The van der Waals surface area contributed by atoms with Crippen molar-refractivity contribution in [2.45, 2.75) is 43.7 Å². The molecule has 8 nitrogen and oxygen atoms in total. The summed E-state index contributed by atoms with van der Waals surface area (Å²) in [5.41, 5.74) is 1.95. The zero-order valence-electron chi connectivity index (χ0n) is 25.3. The monoisotopic (exact) mass is 658 g/mol. The van der Waals surface area contributed by atoms with Crippen LogP contribution in [-0.2, 0) is 4.79 Å². The van der Waals surface area contributed by atoms with Gasteiger partial charge in [0.1, 0.15) is 18.2 Å². The topological polar surface area (TPSA) is 85.6 Å². The Morgan fingerprint density at radius 2 is 1.91 bits per heavy atom. The minimum atomic E-state index is -0.507. The predicted octanol–water partition coefficient (Wildman–Crippen LogP) is 7.02. The molecule has 11 heteroatoms. The number of ether oxygens (including phenoxy) is 1. The molecule has 0 radical (unpaired) electrons. The fourth-order valence-corrected chi connectivity index (χ4v) is 8.09. The Morgan fingerprint density at radius 3 is 2.67 bits per heavy atom. The molecule has 1 amide bonds. The number of carbonyl (C=O) groups is 1. The standard InChI is InChI=1S/C35H33Cl2FN6O2/c1-2-30(45)44-17-16-42(20-23(44)10-13-39)33-26-18-27(36)25(24-7-3-6-22-8-9-28(38)32(37)31(22)24)19-29(26)40-34(41-33)46-21-35-11-4-14-43(35)15-5-12-35/h2-3,6-9,18-19,23H,1,4-5,10-12,14-17,20-21H2/t23-/m0/s1. The SMILES string of the molecule is C=CC(=O)N1CCN(c2nc(OCC34CCCN3CCC4)nc3cc(-c4cccc5ccc(F)c(Cl)c45)c(Cl)cc23)C[C@@H]1CC#N. The van der Waals surface area contributed by atoms with Gasteiger partial charge in [-0.1, -0.05) is 54.0 Å². The van der Waals surface area contributed by atoms with Crippen LogP contribution in [0.2, 0.25) is 10.0 Å². The van der Waals surface area contributed by atoms with Gasteiger partial charge in [-0.2, -0.15) is 15.2 Å². The van der Waals surface area contributed by atoms with Gasteiger partial charge in [0.2, 0.25) is 5.91 Å². The number of halogens is 3. The zero-order valence-corrected chi connectivity index (χ0v) is 26.8. The first-order valence-corrected chi connectivity index (χ1v) is 16.4. The summed E-state index contributed by atoms with van der Waals surface area (Å²) in [5, 5.41) is 12.1. The number of nitriles is 1. The average Bonchev–Trinajstić information content (AvgIpc) is 3.65. The number of fused-ring (bicyclic) bond motifs is 3. The van der Waals surface area contributed by atoms with E-state index in [4.69, 9.17) is 37.9 Å². The van der Waals surface area contributed by atoms with Crippen molar-refractivity contribution < 1.29 is 13.9 Å². The number of amides is 1. The van der Waals surface area contributed by atoms with Crippen molar-refractivity contribution in [3.8, 4) is 23.2 Å². The minimum absolute atomic E-state index is 0.00196. The number of hydrogen-bond donors (Lipinski definition) is 0. The van der Waals surface area contributed by atoms with E-state index < -0.39 is 5.82 Å². The van der Waals surface area contributed by atoms with Gasteiger partial charge < -0.3 is 14.5 Å². The van der Waals surface area contributed by atoms with E-state index in [1.54, 1.807) is 11.0 Å². The lowest BCUT2D eigenvalue weighted by Crippen LogP contribution is -2.55. The Bertz CT molecular complexity index is 1900. The largest absolute Gasteiger partial charge is 0.461 e. The summed E-state index contributed by atoms with van der Waals surface area (Å²) in [7, 11) is 0. The number of benzene rings is 3. The van der Waals surface area contributed by atoms with E-state index in [-0.39, 0.29) is 34.9 Å². The third-order valence-electron chi connectivity index (χ3n) is 9.82. The predicted molar refractivity (Wildman–Crippen MR) is 179 cm³/mol. The summed E-state index contributed by atoms with van der Waals surface area (Å²) in [6.07, 6.45) is 5.92. The summed E-state index contributed by atoms with van der Waals surface area (Å²) < 4.78 is 21.1. The third-order valence-corrected chi connectivity index (χ3v) is 10.5. The van der Waals surface area contributed by atoms with Crippen molar-refractivity contribution in [1.29, 1.82) is 5.26 Å². The lowest BCUT2D eigenvalue weighted by molar-refractivity contribution is -0.128. The van der Waals surface area contributed by atoms with E-state index in [0.29, 0.717) is 64.5 Å². The summed E-state index contributed by atoms with van der Waals surface area (Å²) in [5.74, 6) is -0.0883. The number of nitrogens with zero attached hydrogens (tertiary/aromatic N) is 6. The van der Waals surface area contributed by atoms with Gasteiger partial charge in [-0.15, -0.1) is 0 Å². The molecule has 3 aromatic carbocycles. The molecule has 0 unspecified atom stereocenters. The Labute approximate surface area is 277 Å². The van der Waals surface area contributed by atoms with Crippen LogP contribution < -0.4 is 9.64 Å². The molecule has 0 bridgehead atoms. The summed E-state index contributed by atoms with van der Waals surface area (Å²) in [6.45, 7) is 7.58. The number of anilines is 1. The molecule has 0 saturated carbocycles. The Morgan fingerprint density at radius 1 is 1.11 bits per heavy atom. The average molecular weight is 660 g/mol. The first kappa shape index (κ1) is 30.7. The van der Waals surface area contributed by atoms with Crippen LogP contribution in [0.4, 0.5) is 10.2 Å². The molecule has 1 atom stereocenters. The van der Waals surface area contributed by atoms with Crippen molar-refractivity contribution in [1.82, 2.24) is 19.8 Å². The zero-order chi connectivity index (χ0) is 32.0. The smallest absolute Gasteiger partial charge is 0.319 e. The highest BCUT2D eigenvalue weighted by molar-refractivity contribution is 6.38. The van der Waals surface area contributed by atoms with Crippen molar-refractivity contribution in [2.24, 2.45) is 0 Å². The highest BCUT2D eigenvalue weighted by Crippen LogP contribution is 2.42. The maximum atomic E-state index is 14.6. The molecule has 7 rings (SSSR count). The van der Waals surface area contributed by atoms with Gasteiger partial charge in [0.05, 0.1) is 34.6 Å². The van der Waals surface area contributed by atoms with Crippen molar-refractivity contribution in [2.75, 3.05) is 44.2 Å². The molecule has 4 heterocycles. The molecule has 46 heavy (non-hydrogen) atoms. The van der Waals surface area contributed by atoms with Crippen LogP contribution in [0.1, 0.15) is 32.1 Å². The van der Waals surface area contributed by atoms with Crippen molar-refractivity contribution in [3.05, 3.63) is 71.0 Å². The molecule has 236 valence electrons. The second-order valence-corrected chi connectivity index (χ2v) is 13.1. The molecular weight excluding hydrogens is 626 g/mol. The fourth-order valence-electron chi connectivity index (χ4n) is 7.55. The molecule has 0 spiro atoms. The summed E-state index contributed by atoms with van der Waals surface area (Å²) in [4.78, 5) is 28.7. The highest BCUT2D eigenvalue weighted by atomic mass is 35.5. The molecule has 3 aliphatic heterocycles. The molecule has 4 aromatic rings. The van der Waals surface area contributed by atoms with Crippen LogP contribution in [0, 0.1) is 17.1 Å². The van der Waals surface area contributed by atoms with Crippen LogP contribution in [0.15, 0.2) is 55.1 Å².